The van der Waals surface area contributed by atoms with Gasteiger partial charge in [-0.25, -0.2) is 33.7 Å². The molecule has 13 heterocycles. The first kappa shape index (κ1) is 96.4. The van der Waals surface area contributed by atoms with Crippen molar-refractivity contribution in [1.29, 1.82) is 0 Å². The van der Waals surface area contributed by atoms with E-state index in [0.29, 0.717) is 52.9 Å². The summed E-state index contributed by atoms with van der Waals surface area (Å²) in [4.78, 5) is 12.2. The van der Waals surface area contributed by atoms with Gasteiger partial charge in [0.15, 0.2) is 50.8 Å². The Morgan fingerprint density at radius 2 is 0.841 bits per heavy atom. The lowest BCUT2D eigenvalue weighted by atomic mass is 9.65. The quantitative estimate of drug-likeness (QED) is 0.119. The van der Waals surface area contributed by atoms with Gasteiger partial charge in [-0.1, -0.05) is 152 Å². The number of benzene rings is 10. The molecule has 13 aliphatic heterocycles. The van der Waals surface area contributed by atoms with Gasteiger partial charge in [0.2, 0.25) is 0 Å². The molecule has 672 valence electrons. The number of sulfone groups is 4. The van der Waals surface area contributed by atoms with Crippen LogP contribution in [0.25, 0.3) is 0 Å². The summed E-state index contributed by atoms with van der Waals surface area (Å²) in [6.45, 7) is 13.1. The molecule has 10 aromatic carbocycles. The predicted molar refractivity (Wildman–Crippen MR) is 511 cm³/mol. The molecule has 10 aromatic rings. The second kappa shape index (κ2) is 48.7. The molecule has 24 rings (SSSR count). The van der Waals surface area contributed by atoms with Crippen LogP contribution in [0.4, 0.5) is 0 Å². The van der Waals surface area contributed by atoms with E-state index >= 15 is 0 Å². The number of thioether (sulfide) groups is 4. The Balaban J connectivity index is 0.000000118. The number of nitrogens with one attached hydrogen (secondary N) is 3. The number of aryl methyl sites for hydroxylation is 3. The fourth-order valence-electron chi connectivity index (χ4n) is 15.1. The molecule has 3 atom stereocenters. The molecule has 0 radical (unpaired) electrons. The van der Waals surface area contributed by atoms with Crippen molar-refractivity contribution in [3.05, 3.63) is 265 Å². The van der Waals surface area contributed by atoms with E-state index in [1.807, 2.05) is 144 Å². The maximum Gasteiger partial charge on any atom is 0.185 e. The number of rotatable bonds is 0. The van der Waals surface area contributed by atoms with Gasteiger partial charge in [-0.15, -0.1) is 47.0 Å². The lowest BCUT2D eigenvalue weighted by molar-refractivity contribution is -0.0168. The topological polar surface area (TPSA) is 265 Å². The van der Waals surface area contributed by atoms with Crippen LogP contribution < -0.4 is 39.0 Å². The molecule has 0 aromatic heterocycles. The molecule has 3 unspecified atom stereocenters. The molecule has 4 fully saturated rings. The van der Waals surface area contributed by atoms with Gasteiger partial charge in [-0.3, -0.25) is 18.0 Å². The second-order valence-corrected chi connectivity index (χ2v) is 47.7. The number of morpholine rings is 1. The first-order valence-electron chi connectivity index (χ1n) is 42.6. The van der Waals surface area contributed by atoms with Crippen molar-refractivity contribution in [3.63, 3.8) is 0 Å². The van der Waals surface area contributed by atoms with Gasteiger partial charge in [0.1, 0.15) is 48.6 Å². The van der Waals surface area contributed by atoms with E-state index in [0.717, 1.165) is 127 Å². The van der Waals surface area contributed by atoms with Crippen molar-refractivity contribution in [2.75, 3.05) is 143 Å². The summed E-state index contributed by atoms with van der Waals surface area (Å²) in [5.41, 5.74) is 6.04. The average Bonchev–Trinajstić information content (AvgIpc) is 0.776. The molecule has 3 N–H and O–H groups in total. The largest absolute Gasteiger partial charge is 0.492 e. The highest BCUT2D eigenvalue weighted by molar-refractivity contribution is 8.05. The summed E-state index contributed by atoms with van der Waals surface area (Å²) < 4.78 is 149. The van der Waals surface area contributed by atoms with Gasteiger partial charge in [0.25, 0.3) is 0 Å². The Labute approximate surface area is 770 Å². The van der Waals surface area contributed by atoms with Crippen LogP contribution in [0.1, 0.15) is 60.8 Å². The summed E-state index contributed by atoms with van der Waals surface area (Å²) >= 11 is 9.51. The van der Waals surface area contributed by atoms with Crippen LogP contribution >= 0.6 is 59.0 Å². The average molecular weight is 1920 g/mol. The van der Waals surface area contributed by atoms with Gasteiger partial charge in [-0.2, -0.15) is 0 Å². The third-order valence-corrected chi connectivity index (χ3v) is 38.1. The van der Waals surface area contributed by atoms with Crippen molar-refractivity contribution in [1.82, 2.24) is 20.3 Å². The third kappa shape index (κ3) is 28.2. The molecule has 20 nitrogen and oxygen atoms in total. The van der Waals surface area contributed by atoms with Crippen LogP contribution in [0.15, 0.2) is 297 Å². The van der Waals surface area contributed by atoms with Crippen molar-refractivity contribution in [2.24, 2.45) is 5.41 Å². The number of ether oxygens (including phenoxy) is 6. The van der Waals surface area contributed by atoms with E-state index in [9.17, 15) is 42.1 Å². The SMILES string of the molecule is C1CC2(C1)CNC2.C1CN2CCOCC2CN1.O=S1(=O)CCCc2ccccc21.O=S1(=O)CCOc2ccccc21.O=S1(=O)CCS(=O)(=O)c2ccccc21.O=S1CCCc2ccccc21.O=S1CCOc2ccccc21.c1ccc2c(c1)CCCS2.c1ccc2c(c1)CNS2.c1ccc2c(c1)OCCO2.c1ccc2c(c1)OCCS2.c1ccc2c(c1)SCCS2. The van der Waals surface area contributed by atoms with Crippen LogP contribution in [0.3, 0.4) is 0 Å². The first-order valence-corrected chi connectivity index (χ1v) is 56.6. The number of piperazine rings is 1. The standard InChI is InChI=1S/C9H10O2S.C9H10OS.C9H10S.C8H8O4S2.C8H8O3S.C8H8O2S.C8H8O2.C8H8OS.C8H8S2.C7H14N2O.C7H7NS.C6H11N/c10-12(11)7-3-5-8-4-1-2-6-9(8)12;10-11-7-3-5-8-4-1-2-6-9(8)11;1-2-6-9-8(4-1)5-3-7-10-9;9-13(10)5-6-14(11,12)8-4-2-1-3-7(8)13;9-12(10)6-5-11-7-3-1-2-4-8(7)12;9-11-6-5-10-7-3-1-2-4-8(7)11;3*1-2-4-8-7(3-1)9-5-6-10-8;1-2-9-3-4-10-6-7(9)5-8-1;1-2-4-7-6(3-1)5-8-9-7;1-2-6(3-1)4-7-5-6/h1-2,4,6H,3,5,7H2;1-2,4,6H,3,5,7H2;1-2,4,6H,3,5,7H2;1-4H,5-6H2;1-4H,5-6H2;1-4H,5-6H2;3*1-4H,5-6H2;7-8H,1-6H2;1-4,8H,5H2;7H,1-5H2. The maximum atomic E-state index is 11.5. The Bertz CT molecular complexity index is 5180. The first-order chi connectivity index (χ1) is 61.3. The minimum atomic E-state index is -3.39. The minimum Gasteiger partial charge on any atom is -0.492 e. The van der Waals surface area contributed by atoms with Crippen LogP contribution in [0.2, 0.25) is 0 Å². The lowest BCUT2D eigenvalue weighted by Crippen LogP contribution is -2.57. The molecule has 14 aliphatic rings. The predicted octanol–water partition coefficient (Wildman–Crippen LogP) is 16.5. The van der Waals surface area contributed by atoms with Crippen molar-refractivity contribution < 1.29 is 70.5 Å². The summed E-state index contributed by atoms with van der Waals surface area (Å²) in [6.07, 6.45) is 11.0. The zero-order valence-corrected chi connectivity index (χ0v) is 79.5. The molecule has 31 heteroatoms. The number of nitrogens with zero attached hydrogens (tertiary/aromatic N) is 1. The van der Waals surface area contributed by atoms with Gasteiger partial charge in [-0.05, 0) is 194 Å². The molecule has 3 saturated heterocycles. The van der Waals surface area contributed by atoms with Crippen molar-refractivity contribution in [2.45, 2.75) is 124 Å². The molecule has 0 bridgehead atoms. The summed E-state index contributed by atoms with van der Waals surface area (Å²) in [6, 6.07) is 77.5. The van der Waals surface area contributed by atoms with Crippen LogP contribution in [-0.2, 0) is 91.5 Å². The van der Waals surface area contributed by atoms with E-state index in [1.165, 1.54) is 129 Å². The molecular formula is C95H110N4O16S11. The molecular weight excluding hydrogens is 1810 g/mol. The zero-order valence-electron chi connectivity index (χ0n) is 70.5. The highest BCUT2D eigenvalue weighted by atomic mass is 32.2. The van der Waals surface area contributed by atoms with E-state index in [2.05, 4.69) is 105 Å². The van der Waals surface area contributed by atoms with Crippen molar-refractivity contribution >= 4 is 120 Å². The van der Waals surface area contributed by atoms with Gasteiger partial charge >= 0.3 is 0 Å². The fourth-order valence-corrected chi connectivity index (χ4v) is 29.5. The third-order valence-electron chi connectivity index (χ3n) is 22.0. The maximum absolute atomic E-state index is 11.5. The highest BCUT2D eigenvalue weighted by Gasteiger charge is 2.42. The number of hydrogen-bond acceptors (Lipinski definition) is 25. The summed E-state index contributed by atoms with van der Waals surface area (Å²) in [7, 11) is -14.3. The summed E-state index contributed by atoms with van der Waals surface area (Å²) in [5, 5.41) is 6.67. The second-order valence-electron chi connectivity index (χ2n) is 30.8. The Kier molecular flexibility index (Phi) is 37.2. The molecule has 1 spiro atoms. The lowest BCUT2D eigenvalue weighted by Gasteiger charge is -2.49. The number of hydrogen-bond donors (Lipinski definition) is 3. The Morgan fingerprint density at radius 3 is 1.43 bits per heavy atom. The van der Waals surface area contributed by atoms with E-state index in [1.54, 1.807) is 53.9 Å². The highest BCUT2D eigenvalue weighted by Crippen LogP contribution is 2.44. The molecule has 126 heavy (non-hydrogen) atoms. The fraction of sp³-hybridized carbons (Fsp3) is 0.368. The minimum absolute atomic E-state index is 0.0637. The monoisotopic (exact) mass is 1910 g/mol. The van der Waals surface area contributed by atoms with Crippen LogP contribution in [0, 0.1) is 5.41 Å². The Hall–Kier alpha value is -7.15. The van der Waals surface area contributed by atoms with Crippen LogP contribution in [-0.4, -0.2) is 196 Å². The number of para-hydroxylation sites is 5. The molecule has 1 aliphatic carbocycles. The normalized spacial score (nSPS) is 21.0. The van der Waals surface area contributed by atoms with Gasteiger partial charge < -0.3 is 39.1 Å². The van der Waals surface area contributed by atoms with E-state index in [-0.39, 0.29) is 33.7 Å². The number of fused-ring (bicyclic) bond motifs is 11. The Morgan fingerprint density at radius 1 is 0.357 bits per heavy atom. The van der Waals surface area contributed by atoms with E-state index < -0.39 is 60.9 Å². The van der Waals surface area contributed by atoms with Gasteiger partial charge in [0.05, 0.1) is 89.8 Å². The molecule has 1 saturated carbocycles. The van der Waals surface area contributed by atoms with Gasteiger partial charge in [0, 0.05) is 104 Å². The zero-order chi connectivity index (χ0) is 87.9. The van der Waals surface area contributed by atoms with E-state index in [4.69, 9.17) is 28.4 Å². The van der Waals surface area contributed by atoms with Crippen molar-refractivity contribution in [3.8, 4) is 28.7 Å². The molecule has 0 amide bonds. The van der Waals surface area contributed by atoms with Crippen LogP contribution in [0.5, 0.6) is 28.7 Å². The summed E-state index contributed by atoms with van der Waals surface area (Å²) in [5.74, 6) is 10.2. The smallest absolute Gasteiger partial charge is 0.185 e.